The molecule has 0 unspecified atom stereocenters. The van der Waals surface area contributed by atoms with Gasteiger partial charge < -0.3 is 14.4 Å². The lowest BCUT2D eigenvalue weighted by Crippen LogP contribution is -2.45. The van der Waals surface area contributed by atoms with Crippen LogP contribution in [-0.2, 0) is 11.3 Å². The molecule has 1 saturated carbocycles. The summed E-state index contributed by atoms with van der Waals surface area (Å²) in [5.41, 5.74) is 3.90. The number of carbonyl (C=O) groups is 1. The molecule has 0 bridgehead atoms. The van der Waals surface area contributed by atoms with E-state index in [1.54, 1.807) is 6.07 Å². The fourth-order valence-electron chi connectivity index (χ4n) is 6.66. The van der Waals surface area contributed by atoms with E-state index in [-0.39, 0.29) is 24.2 Å². The lowest BCUT2D eigenvalue weighted by Gasteiger charge is -2.35. The Morgan fingerprint density at radius 1 is 1.07 bits per heavy atom. The summed E-state index contributed by atoms with van der Waals surface area (Å²) >= 11 is 0. The number of rotatable bonds is 6. The molecule has 9 heteroatoms. The molecule has 1 aliphatic heterocycles. The normalized spacial score (nSPS) is 17.2. The van der Waals surface area contributed by atoms with Gasteiger partial charge in [-0.25, -0.2) is 9.18 Å². The molecule has 8 nitrogen and oxygen atoms in total. The molecule has 1 N–H and O–H groups in total. The number of nitrogens with one attached hydrogen (secondary N) is 1. The summed E-state index contributed by atoms with van der Waals surface area (Å²) in [5, 5.41) is 4.89. The predicted molar refractivity (Wildman–Crippen MR) is 153 cm³/mol. The number of halogens is 1. The minimum atomic E-state index is -0.628. The highest BCUT2D eigenvalue weighted by Crippen LogP contribution is 2.45. The summed E-state index contributed by atoms with van der Waals surface area (Å²) in [4.78, 5) is 32.3. The van der Waals surface area contributed by atoms with Crippen LogP contribution in [0.1, 0.15) is 56.4 Å². The van der Waals surface area contributed by atoms with Crippen LogP contribution in [0.25, 0.3) is 33.5 Å². The van der Waals surface area contributed by atoms with Gasteiger partial charge in [0.1, 0.15) is 12.4 Å². The van der Waals surface area contributed by atoms with Crippen LogP contribution >= 0.6 is 0 Å². The fourth-order valence-corrected chi connectivity index (χ4v) is 6.66. The molecular weight excluding hydrogens is 509 g/mol. The van der Waals surface area contributed by atoms with E-state index < -0.39 is 5.76 Å². The van der Waals surface area contributed by atoms with Gasteiger partial charge in [-0.05, 0) is 69.5 Å². The van der Waals surface area contributed by atoms with Crippen LogP contribution in [0.4, 0.5) is 4.39 Å². The molecule has 6 rings (SSSR count). The van der Waals surface area contributed by atoms with E-state index in [0.717, 1.165) is 60.7 Å². The van der Waals surface area contributed by atoms with Crippen LogP contribution in [0.3, 0.4) is 0 Å². The van der Waals surface area contributed by atoms with Crippen molar-refractivity contribution in [1.29, 1.82) is 0 Å². The molecule has 2 aliphatic rings. The predicted octanol–water partition coefficient (Wildman–Crippen LogP) is 5.39. The van der Waals surface area contributed by atoms with E-state index >= 15 is 4.39 Å². The molecule has 3 heterocycles. The van der Waals surface area contributed by atoms with Gasteiger partial charge in [0.25, 0.3) is 0 Å². The number of carbonyl (C=O) groups excluding carboxylic acids is 1. The molecule has 0 spiro atoms. The number of aromatic nitrogens is 3. The first-order chi connectivity index (χ1) is 19.4. The van der Waals surface area contributed by atoms with Crippen molar-refractivity contribution < 1.29 is 13.7 Å². The Balaban J connectivity index is 1.51. The molecule has 1 saturated heterocycles. The Bertz CT molecular complexity index is 1570. The van der Waals surface area contributed by atoms with Crippen molar-refractivity contribution in [3.63, 3.8) is 0 Å². The van der Waals surface area contributed by atoms with Gasteiger partial charge in [0.05, 0.1) is 11.2 Å². The van der Waals surface area contributed by atoms with E-state index in [2.05, 4.69) is 29.1 Å². The summed E-state index contributed by atoms with van der Waals surface area (Å²) < 4.78 is 22.3. The summed E-state index contributed by atoms with van der Waals surface area (Å²) in [6, 6.07) is 13.2. The second kappa shape index (κ2) is 11.0. The molecule has 40 heavy (non-hydrogen) atoms. The number of piperidine rings is 1. The quantitative estimate of drug-likeness (QED) is 0.351. The molecule has 4 aromatic rings. The van der Waals surface area contributed by atoms with Crippen LogP contribution in [0.2, 0.25) is 0 Å². The maximum atomic E-state index is 15.5. The third kappa shape index (κ3) is 4.98. The van der Waals surface area contributed by atoms with E-state index in [4.69, 9.17) is 4.52 Å². The topological polar surface area (TPSA) is 87.4 Å². The standard InChI is InChI=1S/C31H36FN5O3/c1-35(2)22-14-16-36(17-15-22)27(38)19-37-26-18-21(30-33-31(39)40-34-30)12-13-24(26)28(20-8-4-3-5-9-20)29(37)23-10-6-7-11-25(23)32/h6-7,10-13,18,20,22H,3-5,8-9,14-17,19H2,1-2H3,(H,33,34,39). The number of benzene rings is 2. The lowest BCUT2D eigenvalue weighted by molar-refractivity contribution is -0.133. The number of aromatic amines is 1. The van der Waals surface area contributed by atoms with Crippen molar-refractivity contribution >= 4 is 16.8 Å². The second-order valence-electron chi connectivity index (χ2n) is 11.4. The molecule has 0 radical (unpaired) electrons. The summed E-state index contributed by atoms with van der Waals surface area (Å²) in [7, 11) is 4.17. The minimum Gasteiger partial charge on any atom is -0.341 e. The Kier molecular flexibility index (Phi) is 7.31. The summed E-state index contributed by atoms with van der Waals surface area (Å²) in [6.45, 7) is 1.52. The molecular formula is C31H36FN5O3. The Hall–Kier alpha value is -3.72. The molecule has 210 valence electrons. The van der Waals surface area contributed by atoms with Crippen LogP contribution in [0.5, 0.6) is 0 Å². The molecule has 2 aromatic heterocycles. The maximum Gasteiger partial charge on any atom is 0.439 e. The molecule has 2 aromatic carbocycles. The summed E-state index contributed by atoms with van der Waals surface area (Å²) in [6.07, 6.45) is 7.40. The maximum absolute atomic E-state index is 15.5. The zero-order chi connectivity index (χ0) is 27.8. The fraction of sp³-hybridized carbons (Fsp3) is 0.452. The second-order valence-corrected chi connectivity index (χ2v) is 11.4. The van der Waals surface area contributed by atoms with E-state index in [0.29, 0.717) is 36.1 Å². The van der Waals surface area contributed by atoms with Crippen molar-refractivity contribution in [2.24, 2.45) is 0 Å². The first kappa shape index (κ1) is 26.5. The van der Waals surface area contributed by atoms with Crippen LogP contribution in [0, 0.1) is 5.82 Å². The lowest BCUT2D eigenvalue weighted by atomic mass is 9.81. The molecule has 2 fully saturated rings. The number of H-pyrrole nitrogens is 1. The molecule has 0 atom stereocenters. The van der Waals surface area contributed by atoms with Crippen molar-refractivity contribution in [3.05, 3.63) is 64.4 Å². The first-order valence-electron chi connectivity index (χ1n) is 14.3. The van der Waals surface area contributed by atoms with Gasteiger partial charge >= 0.3 is 5.76 Å². The first-order valence-corrected chi connectivity index (χ1v) is 14.3. The number of likely N-dealkylation sites (tertiary alicyclic amines) is 1. The van der Waals surface area contributed by atoms with E-state index in [9.17, 15) is 9.59 Å². The van der Waals surface area contributed by atoms with Gasteiger partial charge in [-0.1, -0.05) is 48.7 Å². The van der Waals surface area contributed by atoms with Gasteiger partial charge in [-0.2, -0.15) is 0 Å². The van der Waals surface area contributed by atoms with Gasteiger partial charge in [0.2, 0.25) is 5.91 Å². The average molecular weight is 546 g/mol. The van der Waals surface area contributed by atoms with Gasteiger partial charge in [0, 0.05) is 35.6 Å². The van der Waals surface area contributed by atoms with Crippen molar-refractivity contribution in [2.45, 2.75) is 63.5 Å². The van der Waals surface area contributed by atoms with Gasteiger partial charge in [-0.3, -0.25) is 14.3 Å². The highest BCUT2D eigenvalue weighted by atomic mass is 19.1. The SMILES string of the molecule is CN(C)C1CCN(C(=O)Cn2c(-c3ccccc3F)c(C3CCCCC3)c3ccc(-c4noc(=O)[nH]4)cc32)CC1. The number of amides is 1. The number of hydrogen-bond acceptors (Lipinski definition) is 5. The van der Waals surface area contributed by atoms with Crippen molar-refractivity contribution in [2.75, 3.05) is 27.2 Å². The smallest absolute Gasteiger partial charge is 0.341 e. The van der Waals surface area contributed by atoms with Gasteiger partial charge in [0.15, 0.2) is 5.82 Å². The third-order valence-electron chi connectivity index (χ3n) is 8.80. The zero-order valence-electron chi connectivity index (χ0n) is 23.2. The number of nitrogens with zero attached hydrogens (tertiary/aromatic N) is 4. The Morgan fingerprint density at radius 3 is 2.50 bits per heavy atom. The van der Waals surface area contributed by atoms with Crippen LogP contribution in [0.15, 0.2) is 51.8 Å². The largest absolute Gasteiger partial charge is 0.439 e. The van der Waals surface area contributed by atoms with E-state index in [1.165, 1.54) is 12.5 Å². The number of fused-ring (bicyclic) bond motifs is 1. The highest BCUT2D eigenvalue weighted by Gasteiger charge is 2.30. The Labute approximate surface area is 232 Å². The monoisotopic (exact) mass is 545 g/mol. The highest BCUT2D eigenvalue weighted by molar-refractivity contribution is 5.96. The van der Waals surface area contributed by atoms with E-state index in [1.807, 2.05) is 39.8 Å². The zero-order valence-corrected chi connectivity index (χ0v) is 23.2. The minimum absolute atomic E-state index is 0.0298. The van der Waals surface area contributed by atoms with Crippen molar-refractivity contribution in [3.8, 4) is 22.6 Å². The van der Waals surface area contributed by atoms with Crippen LogP contribution < -0.4 is 5.76 Å². The Morgan fingerprint density at radius 2 is 1.82 bits per heavy atom. The molecule has 1 aliphatic carbocycles. The molecule has 1 amide bonds. The average Bonchev–Trinajstić information content (AvgIpc) is 3.54. The summed E-state index contributed by atoms with van der Waals surface area (Å²) in [5.74, 6) is -0.304. The third-order valence-corrected chi connectivity index (χ3v) is 8.80. The van der Waals surface area contributed by atoms with Crippen LogP contribution in [-0.4, -0.2) is 63.6 Å². The van der Waals surface area contributed by atoms with Gasteiger partial charge in [-0.15, -0.1) is 0 Å². The number of hydrogen-bond donors (Lipinski definition) is 1. The van der Waals surface area contributed by atoms with Crippen molar-refractivity contribution in [1.82, 2.24) is 24.5 Å².